The van der Waals surface area contributed by atoms with Gasteiger partial charge in [0.25, 0.3) is 6.08 Å². The molecule has 0 aromatic heterocycles. The average Bonchev–Trinajstić information content (AvgIpc) is 2.89. The maximum Gasteiger partial charge on any atom is 0.266 e. The Labute approximate surface area is 227 Å². The highest BCUT2D eigenvalue weighted by Crippen LogP contribution is 2.39. The Bertz CT molecular complexity index is 1050. The predicted molar refractivity (Wildman–Crippen MR) is 152 cm³/mol. The Morgan fingerprint density at radius 2 is 1.66 bits per heavy atom. The summed E-state index contributed by atoms with van der Waals surface area (Å²) in [6.07, 6.45) is 8.28. The van der Waals surface area contributed by atoms with Crippen LogP contribution in [0.1, 0.15) is 81.8 Å². The van der Waals surface area contributed by atoms with E-state index in [0.29, 0.717) is 38.1 Å². The molecule has 0 unspecified atom stereocenters. The van der Waals surface area contributed by atoms with E-state index in [0.717, 1.165) is 74.5 Å². The molecule has 0 N–H and O–H groups in total. The lowest BCUT2D eigenvalue weighted by Gasteiger charge is -2.29. The van der Waals surface area contributed by atoms with Gasteiger partial charge in [0, 0.05) is 19.6 Å². The Balaban J connectivity index is 1.70. The van der Waals surface area contributed by atoms with E-state index >= 15 is 0 Å². The van der Waals surface area contributed by atoms with E-state index in [9.17, 15) is 8.78 Å². The Morgan fingerprint density at radius 3 is 2.29 bits per heavy atom. The molecule has 38 heavy (non-hydrogen) atoms. The molecular formula is C33H44F2O3. The third-order valence-electron chi connectivity index (χ3n) is 7.52. The van der Waals surface area contributed by atoms with Gasteiger partial charge in [0.2, 0.25) is 0 Å². The number of aryl methyl sites for hydroxylation is 1. The number of allylic oxidation sites excluding steroid dienone is 1. The van der Waals surface area contributed by atoms with Crippen LogP contribution in [0.2, 0.25) is 0 Å². The Morgan fingerprint density at radius 1 is 0.947 bits per heavy atom. The minimum Gasteiger partial charge on any atom is -0.493 e. The number of halogens is 2. The lowest BCUT2D eigenvalue weighted by molar-refractivity contribution is 0.146. The molecule has 0 radical (unpaired) electrons. The first-order valence-corrected chi connectivity index (χ1v) is 14.1. The van der Waals surface area contributed by atoms with Crippen molar-refractivity contribution in [1.29, 1.82) is 0 Å². The van der Waals surface area contributed by atoms with Crippen molar-refractivity contribution in [3.05, 3.63) is 71.8 Å². The standard InChI is InChI=1S/C33H44F2O3/c1-5-7-24(2)16-17-37-30-21-29(22-31(23-30)38-19-18-36-4)32-15-14-28(20-25(32)3)27-12-10-26(11-13-27)8-6-9-33(34)35/h9,14-15,20-23,26-27H,2,5-8,10-13,16-19H2,1,3-4H3. The summed E-state index contributed by atoms with van der Waals surface area (Å²) in [5, 5.41) is 0. The van der Waals surface area contributed by atoms with E-state index in [1.54, 1.807) is 7.11 Å². The van der Waals surface area contributed by atoms with Crippen LogP contribution in [0.3, 0.4) is 0 Å². The van der Waals surface area contributed by atoms with Crippen LogP contribution in [0.25, 0.3) is 11.1 Å². The molecule has 2 aromatic rings. The highest BCUT2D eigenvalue weighted by Gasteiger charge is 2.22. The van der Waals surface area contributed by atoms with Gasteiger partial charge >= 0.3 is 0 Å². The molecule has 5 heteroatoms. The summed E-state index contributed by atoms with van der Waals surface area (Å²) in [5.41, 5.74) is 6.05. The topological polar surface area (TPSA) is 27.7 Å². The van der Waals surface area contributed by atoms with Gasteiger partial charge in [-0.25, -0.2) is 0 Å². The van der Waals surface area contributed by atoms with Gasteiger partial charge in [0.1, 0.15) is 18.1 Å². The fourth-order valence-corrected chi connectivity index (χ4v) is 5.41. The van der Waals surface area contributed by atoms with E-state index in [1.165, 1.54) is 22.3 Å². The van der Waals surface area contributed by atoms with Crippen LogP contribution in [-0.4, -0.2) is 26.9 Å². The number of ether oxygens (including phenoxy) is 3. The molecule has 1 fully saturated rings. The van der Waals surface area contributed by atoms with E-state index in [2.05, 4.69) is 50.8 Å². The minimum atomic E-state index is -1.56. The summed E-state index contributed by atoms with van der Waals surface area (Å²) < 4.78 is 41.9. The van der Waals surface area contributed by atoms with Gasteiger partial charge in [-0.3, -0.25) is 0 Å². The molecule has 2 aromatic carbocycles. The lowest BCUT2D eigenvalue weighted by Crippen LogP contribution is -2.13. The molecule has 1 aliphatic carbocycles. The average molecular weight is 527 g/mol. The maximum absolute atomic E-state index is 12.3. The second-order valence-electron chi connectivity index (χ2n) is 10.5. The summed E-state index contributed by atoms with van der Waals surface area (Å²) in [6.45, 7) is 10.1. The van der Waals surface area contributed by atoms with Crippen molar-refractivity contribution >= 4 is 0 Å². The van der Waals surface area contributed by atoms with Crippen LogP contribution >= 0.6 is 0 Å². The smallest absolute Gasteiger partial charge is 0.266 e. The van der Waals surface area contributed by atoms with E-state index in [1.807, 2.05) is 6.07 Å². The van der Waals surface area contributed by atoms with E-state index in [4.69, 9.17) is 14.2 Å². The van der Waals surface area contributed by atoms with Crippen molar-refractivity contribution in [3.63, 3.8) is 0 Å². The summed E-state index contributed by atoms with van der Waals surface area (Å²) >= 11 is 0. The molecule has 1 aliphatic rings. The highest BCUT2D eigenvalue weighted by molar-refractivity contribution is 5.71. The van der Waals surface area contributed by atoms with Crippen LogP contribution in [0, 0.1) is 12.8 Å². The Kier molecular flexibility index (Phi) is 12.3. The summed E-state index contributed by atoms with van der Waals surface area (Å²) in [6, 6.07) is 12.9. The second-order valence-corrected chi connectivity index (χ2v) is 10.5. The van der Waals surface area contributed by atoms with Gasteiger partial charge in [0.05, 0.1) is 13.2 Å². The molecule has 0 spiro atoms. The number of methoxy groups -OCH3 is 1. The SMILES string of the molecule is C=C(CCC)CCOc1cc(OCCOC)cc(-c2ccc(C3CCC(CCC=C(F)F)CC3)cc2C)c1. The molecule has 0 amide bonds. The van der Waals surface area contributed by atoms with Gasteiger partial charge in [-0.15, -0.1) is 0 Å². The van der Waals surface area contributed by atoms with Crippen LogP contribution in [-0.2, 0) is 4.74 Å². The molecule has 1 saturated carbocycles. The van der Waals surface area contributed by atoms with Crippen molar-refractivity contribution in [2.75, 3.05) is 26.9 Å². The summed E-state index contributed by atoms with van der Waals surface area (Å²) in [5.74, 6) is 2.65. The van der Waals surface area contributed by atoms with E-state index in [-0.39, 0.29) is 0 Å². The van der Waals surface area contributed by atoms with Gasteiger partial charge < -0.3 is 14.2 Å². The van der Waals surface area contributed by atoms with Crippen LogP contribution in [0.5, 0.6) is 11.5 Å². The first-order chi connectivity index (χ1) is 18.4. The van der Waals surface area contributed by atoms with Crippen LogP contribution in [0.15, 0.2) is 60.7 Å². The molecule has 0 saturated heterocycles. The largest absolute Gasteiger partial charge is 0.493 e. The van der Waals surface area contributed by atoms with Crippen LogP contribution < -0.4 is 9.47 Å². The molecule has 3 rings (SSSR count). The third-order valence-corrected chi connectivity index (χ3v) is 7.52. The summed E-state index contributed by atoms with van der Waals surface area (Å²) in [7, 11) is 1.67. The molecule has 0 heterocycles. The van der Waals surface area contributed by atoms with Gasteiger partial charge in [-0.1, -0.05) is 43.7 Å². The van der Waals surface area contributed by atoms with Crippen molar-refractivity contribution in [2.45, 2.75) is 77.6 Å². The van der Waals surface area contributed by atoms with Gasteiger partial charge in [-0.05, 0) is 104 Å². The molecule has 0 bridgehead atoms. The van der Waals surface area contributed by atoms with E-state index < -0.39 is 6.08 Å². The van der Waals surface area contributed by atoms with Crippen molar-refractivity contribution in [3.8, 4) is 22.6 Å². The van der Waals surface area contributed by atoms with Gasteiger partial charge in [-0.2, -0.15) is 8.78 Å². The lowest BCUT2D eigenvalue weighted by atomic mass is 9.76. The zero-order valence-corrected chi connectivity index (χ0v) is 23.4. The van der Waals surface area contributed by atoms with Crippen molar-refractivity contribution < 1.29 is 23.0 Å². The van der Waals surface area contributed by atoms with Gasteiger partial charge in [0.15, 0.2) is 0 Å². The summed E-state index contributed by atoms with van der Waals surface area (Å²) in [4.78, 5) is 0. The molecule has 0 aliphatic heterocycles. The first kappa shape index (κ1) is 29.9. The fourth-order valence-electron chi connectivity index (χ4n) is 5.41. The number of hydrogen-bond donors (Lipinski definition) is 0. The van der Waals surface area contributed by atoms with Crippen molar-refractivity contribution in [2.24, 2.45) is 5.92 Å². The minimum absolute atomic E-state index is 0.478. The van der Waals surface area contributed by atoms with Crippen LogP contribution in [0.4, 0.5) is 8.78 Å². The monoisotopic (exact) mass is 526 g/mol. The van der Waals surface area contributed by atoms with Crippen molar-refractivity contribution in [1.82, 2.24) is 0 Å². The quantitative estimate of drug-likeness (QED) is 0.171. The third kappa shape index (κ3) is 9.58. The zero-order chi connectivity index (χ0) is 27.3. The maximum atomic E-state index is 12.3. The molecule has 3 nitrogen and oxygen atoms in total. The molecule has 208 valence electrons. The normalized spacial score (nSPS) is 17.2. The predicted octanol–water partition coefficient (Wildman–Crippen LogP) is 9.65. The first-order valence-electron chi connectivity index (χ1n) is 14.1. The highest BCUT2D eigenvalue weighted by atomic mass is 19.3. The number of benzene rings is 2. The second kappa shape index (κ2) is 15.7. The number of hydrogen-bond acceptors (Lipinski definition) is 3. The number of rotatable bonds is 15. The Hall–Kier alpha value is -2.66. The fraction of sp³-hybridized carbons (Fsp3) is 0.515. The molecular weight excluding hydrogens is 482 g/mol. The molecule has 0 atom stereocenters. The zero-order valence-electron chi connectivity index (χ0n) is 23.4.